The lowest BCUT2D eigenvalue weighted by Gasteiger charge is -2.15. The van der Waals surface area contributed by atoms with Gasteiger partial charge in [-0.2, -0.15) is 5.10 Å². The lowest BCUT2D eigenvalue weighted by atomic mass is 10.3. The minimum Gasteiger partial charge on any atom is -0.378 e. The van der Waals surface area contributed by atoms with E-state index in [0.717, 1.165) is 18.1 Å². The van der Waals surface area contributed by atoms with Crippen molar-refractivity contribution in [2.45, 2.75) is 26.1 Å². The third kappa shape index (κ3) is 3.56. The topological polar surface area (TPSA) is 52.0 Å². The summed E-state index contributed by atoms with van der Waals surface area (Å²) in [4.78, 5) is 4.47. The molecule has 1 N–H and O–H groups in total. The molecule has 0 aliphatic carbocycles. The number of nitrogens with one attached hydrogen (secondary N) is 1. The molecule has 0 radical (unpaired) electrons. The van der Waals surface area contributed by atoms with Gasteiger partial charge in [-0.25, -0.2) is 4.98 Å². The predicted octanol–water partition coefficient (Wildman–Crippen LogP) is 1.93. The van der Waals surface area contributed by atoms with Gasteiger partial charge in [-0.3, -0.25) is 4.68 Å². The van der Waals surface area contributed by atoms with Gasteiger partial charge < -0.3 is 10.1 Å². The second kappa shape index (κ2) is 6.16. The SMILES string of the molecule is COCc1cccc(N[C@@H](C)Cn2cccn2)n1. The summed E-state index contributed by atoms with van der Waals surface area (Å²) in [7, 11) is 1.67. The van der Waals surface area contributed by atoms with E-state index < -0.39 is 0 Å². The standard InChI is InChI=1S/C13H18N4O/c1-11(9-17-8-4-7-14-17)15-13-6-3-5-12(16-13)10-18-2/h3-8,11H,9-10H2,1-2H3,(H,15,16)/t11-/m0/s1. The molecule has 5 nitrogen and oxygen atoms in total. The number of anilines is 1. The molecule has 0 saturated heterocycles. The van der Waals surface area contributed by atoms with E-state index in [2.05, 4.69) is 22.3 Å². The number of methoxy groups -OCH3 is 1. The van der Waals surface area contributed by atoms with Gasteiger partial charge in [0.1, 0.15) is 5.82 Å². The second-order valence-electron chi connectivity index (χ2n) is 4.22. The second-order valence-corrected chi connectivity index (χ2v) is 4.22. The van der Waals surface area contributed by atoms with E-state index in [1.165, 1.54) is 0 Å². The molecule has 1 atom stereocenters. The Bertz CT molecular complexity index is 470. The fourth-order valence-corrected chi connectivity index (χ4v) is 1.78. The lowest BCUT2D eigenvalue weighted by molar-refractivity contribution is 0.181. The number of nitrogens with zero attached hydrogens (tertiary/aromatic N) is 3. The van der Waals surface area contributed by atoms with Crippen molar-refractivity contribution in [3.8, 4) is 0 Å². The highest BCUT2D eigenvalue weighted by atomic mass is 16.5. The quantitative estimate of drug-likeness (QED) is 0.846. The van der Waals surface area contributed by atoms with E-state index in [1.54, 1.807) is 13.3 Å². The average Bonchev–Trinajstić information content (AvgIpc) is 2.82. The summed E-state index contributed by atoms with van der Waals surface area (Å²) in [6, 6.07) is 8.07. The molecule has 0 amide bonds. The van der Waals surface area contributed by atoms with Crippen molar-refractivity contribution in [1.29, 1.82) is 0 Å². The number of hydrogen-bond acceptors (Lipinski definition) is 4. The molecular formula is C13H18N4O. The highest BCUT2D eigenvalue weighted by Gasteiger charge is 2.04. The van der Waals surface area contributed by atoms with Crippen LogP contribution in [0, 0.1) is 0 Å². The van der Waals surface area contributed by atoms with E-state index in [9.17, 15) is 0 Å². The summed E-state index contributed by atoms with van der Waals surface area (Å²) in [5.41, 5.74) is 0.925. The molecule has 0 aromatic carbocycles. The van der Waals surface area contributed by atoms with Gasteiger partial charge in [0, 0.05) is 25.5 Å². The van der Waals surface area contributed by atoms with Gasteiger partial charge in [0.05, 0.1) is 18.8 Å². The summed E-state index contributed by atoms with van der Waals surface area (Å²) in [5, 5.41) is 7.53. The zero-order valence-electron chi connectivity index (χ0n) is 10.7. The number of hydrogen-bond donors (Lipinski definition) is 1. The molecule has 2 heterocycles. The van der Waals surface area contributed by atoms with Crippen LogP contribution in [0.3, 0.4) is 0 Å². The van der Waals surface area contributed by atoms with Crippen molar-refractivity contribution in [2.75, 3.05) is 12.4 Å². The van der Waals surface area contributed by atoms with E-state index in [-0.39, 0.29) is 6.04 Å². The molecule has 0 unspecified atom stereocenters. The van der Waals surface area contributed by atoms with Crippen molar-refractivity contribution >= 4 is 5.82 Å². The van der Waals surface area contributed by atoms with Crippen LogP contribution in [0.25, 0.3) is 0 Å². The molecule has 18 heavy (non-hydrogen) atoms. The summed E-state index contributed by atoms with van der Waals surface area (Å²) < 4.78 is 6.97. The molecular weight excluding hydrogens is 228 g/mol. The Balaban J connectivity index is 1.93. The fraction of sp³-hybridized carbons (Fsp3) is 0.385. The van der Waals surface area contributed by atoms with Crippen LogP contribution >= 0.6 is 0 Å². The number of pyridine rings is 1. The van der Waals surface area contributed by atoms with E-state index in [1.807, 2.05) is 35.1 Å². The summed E-state index contributed by atoms with van der Waals surface area (Å²) in [5.74, 6) is 0.865. The zero-order chi connectivity index (χ0) is 12.8. The monoisotopic (exact) mass is 246 g/mol. The summed E-state index contributed by atoms with van der Waals surface area (Å²) >= 11 is 0. The van der Waals surface area contributed by atoms with Gasteiger partial charge in [-0.15, -0.1) is 0 Å². The highest BCUT2D eigenvalue weighted by Crippen LogP contribution is 2.08. The van der Waals surface area contributed by atoms with Gasteiger partial charge >= 0.3 is 0 Å². The van der Waals surface area contributed by atoms with Crippen LogP contribution < -0.4 is 5.32 Å². The average molecular weight is 246 g/mol. The molecule has 2 rings (SSSR count). The maximum atomic E-state index is 5.07. The van der Waals surface area contributed by atoms with Gasteiger partial charge in [-0.1, -0.05) is 6.07 Å². The van der Waals surface area contributed by atoms with Crippen LogP contribution in [-0.2, 0) is 17.9 Å². The Kier molecular flexibility index (Phi) is 4.30. The Hall–Kier alpha value is -1.88. The molecule has 96 valence electrons. The molecule has 0 aliphatic heterocycles. The highest BCUT2D eigenvalue weighted by molar-refractivity contribution is 5.36. The van der Waals surface area contributed by atoms with Crippen molar-refractivity contribution in [3.63, 3.8) is 0 Å². The van der Waals surface area contributed by atoms with Crippen molar-refractivity contribution in [2.24, 2.45) is 0 Å². The van der Waals surface area contributed by atoms with Crippen LogP contribution in [0.4, 0.5) is 5.82 Å². The Morgan fingerprint density at radius 1 is 1.39 bits per heavy atom. The molecule has 0 aliphatic rings. The summed E-state index contributed by atoms with van der Waals surface area (Å²) in [6.45, 7) is 3.44. The third-order valence-electron chi connectivity index (χ3n) is 2.51. The van der Waals surface area contributed by atoms with E-state index in [4.69, 9.17) is 4.74 Å². The normalized spacial score (nSPS) is 12.3. The minimum absolute atomic E-state index is 0.259. The first-order chi connectivity index (χ1) is 8.78. The van der Waals surface area contributed by atoms with Gasteiger partial charge in [0.15, 0.2) is 0 Å². The molecule has 0 bridgehead atoms. The van der Waals surface area contributed by atoms with Gasteiger partial charge in [0.2, 0.25) is 0 Å². The zero-order valence-corrected chi connectivity index (χ0v) is 10.7. The predicted molar refractivity (Wildman–Crippen MR) is 70.3 cm³/mol. The number of ether oxygens (including phenoxy) is 1. The van der Waals surface area contributed by atoms with Crippen molar-refractivity contribution in [1.82, 2.24) is 14.8 Å². The Labute approximate surface area is 107 Å². The van der Waals surface area contributed by atoms with E-state index >= 15 is 0 Å². The van der Waals surface area contributed by atoms with Crippen molar-refractivity contribution < 1.29 is 4.74 Å². The number of rotatable bonds is 6. The first-order valence-electron chi connectivity index (χ1n) is 5.97. The van der Waals surface area contributed by atoms with E-state index in [0.29, 0.717) is 6.61 Å². The first-order valence-corrected chi connectivity index (χ1v) is 5.97. The lowest BCUT2D eigenvalue weighted by Crippen LogP contribution is -2.22. The largest absolute Gasteiger partial charge is 0.378 e. The smallest absolute Gasteiger partial charge is 0.126 e. The maximum absolute atomic E-state index is 5.07. The first kappa shape index (κ1) is 12.6. The van der Waals surface area contributed by atoms with Crippen LogP contribution in [0.15, 0.2) is 36.7 Å². The molecule has 2 aromatic rings. The molecule has 5 heteroatoms. The molecule has 2 aromatic heterocycles. The van der Waals surface area contributed by atoms with Crippen LogP contribution in [0.5, 0.6) is 0 Å². The molecule has 0 fully saturated rings. The Morgan fingerprint density at radius 2 is 2.28 bits per heavy atom. The number of aromatic nitrogens is 3. The summed E-state index contributed by atoms with van der Waals surface area (Å²) in [6.07, 6.45) is 3.73. The fourth-order valence-electron chi connectivity index (χ4n) is 1.78. The van der Waals surface area contributed by atoms with Gasteiger partial charge in [-0.05, 0) is 25.1 Å². The van der Waals surface area contributed by atoms with Crippen molar-refractivity contribution in [3.05, 3.63) is 42.4 Å². The van der Waals surface area contributed by atoms with Crippen LogP contribution in [0.1, 0.15) is 12.6 Å². The maximum Gasteiger partial charge on any atom is 0.126 e. The molecule has 0 spiro atoms. The minimum atomic E-state index is 0.259. The third-order valence-corrected chi connectivity index (χ3v) is 2.51. The van der Waals surface area contributed by atoms with Crippen LogP contribution in [-0.4, -0.2) is 27.9 Å². The molecule has 0 saturated carbocycles. The van der Waals surface area contributed by atoms with Gasteiger partial charge in [0.25, 0.3) is 0 Å². The Morgan fingerprint density at radius 3 is 3.00 bits per heavy atom. The van der Waals surface area contributed by atoms with Crippen LogP contribution in [0.2, 0.25) is 0 Å².